The smallest absolute Gasteiger partial charge is 0.427 e. The Kier molecular flexibility index (Phi) is 9.41. The molecule has 1 aromatic heterocycles. The molecule has 1 amide bonds. The molecule has 0 bridgehead atoms. The standard InChI is InChI=1S/C31H41F3N2O3Si/c1-9-12-22-17-18-26-23(19-22)13-10-15-25(26)21(2)35-28(37)39-30(6,31(32,33)34)27-16-11-14-24(36-27)20-38-40(7,8)29(3,4)5/h10-11,13-19,21H,9,12,20H2,1-8H3,(H,35,37)/t21-,30+/m1/s1. The first-order valence-corrected chi connectivity index (χ1v) is 16.6. The summed E-state index contributed by atoms with van der Waals surface area (Å²) < 4.78 is 54.5. The number of nitrogens with zero attached hydrogens (tertiary/aromatic N) is 1. The first-order chi connectivity index (χ1) is 18.5. The highest BCUT2D eigenvalue weighted by Gasteiger charge is 2.57. The fraction of sp³-hybridized carbons (Fsp3) is 0.484. The average molecular weight is 575 g/mol. The van der Waals surface area contributed by atoms with Crippen LogP contribution in [0.2, 0.25) is 18.1 Å². The molecule has 3 aromatic rings. The largest absolute Gasteiger partial charge is 0.434 e. The number of carbonyl (C=O) groups is 1. The summed E-state index contributed by atoms with van der Waals surface area (Å²) in [4.78, 5) is 17.1. The summed E-state index contributed by atoms with van der Waals surface area (Å²) in [5, 5.41) is 4.46. The van der Waals surface area contributed by atoms with Crippen LogP contribution >= 0.6 is 0 Å². The number of alkyl carbamates (subject to hydrolysis) is 1. The van der Waals surface area contributed by atoms with Gasteiger partial charge in [0.05, 0.1) is 24.0 Å². The normalized spacial score (nSPS) is 15.0. The minimum absolute atomic E-state index is 0.0646. The number of benzene rings is 2. The van der Waals surface area contributed by atoms with Crippen molar-refractivity contribution in [1.29, 1.82) is 0 Å². The van der Waals surface area contributed by atoms with Crippen molar-refractivity contribution in [2.45, 2.75) is 96.9 Å². The summed E-state index contributed by atoms with van der Waals surface area (Å²) in [7, 11) is -2.15. The summed E-state index contributed by atoms with van der Waals surface area (Å²) in [6, 6.07) is 15.5. The summed E-state index contributed by atoms with van der Waals surface area (Å²) in [5.41, 5.74) is -1.04. The van der Waals surface area contributed by atoms with E-state index in [1.165, 1.54) is 17.7 Å². The molecule has 5 nitrogen and oxygen atoms in total. The van der Waals surface area contributed by atoms with E-state index in [0.29, 0.717) is 5.69 Å². The lowest BCUT2D eigenvalue weighted by molar-refractivity contribution is -0.258. The summed E-state index contributed by atoms with van der Waals surface area (Å²) in [6.45, 7) is 15.1. The number of carbonyl (C=O) groups excluding carboxylic acids is 1. The number of fused-ring (bicyclic) bond motifs is 1. The molecule has 0 radical (unpaired) electrons. The molecule has 0 saturated heterocycles. The molecule has 0 fully saturated rings. The Bertz CT molecular complexity index is 1340. The highest BCUT2D eigenvalue weighted by Crippen LogP contribution is 2.42. The average Bonchev–Trinajstić information content (AvgIpc) is 2.86. The van der Waals surface area contributed by atoms with E-state index < -0.39 is 37.9 Å². The van der Waals surface area contributed by atoms with Gasteiger partial charge < -0.3 is 14.5 Å². The van der Waals surface area contributed by atoms with Crippen molar-refractivity contribution in [2.75, 3.05) is 0 Å². The zero-order valence-electron chi connectivity index (χ0n) is 24.7. The van der Waals surface area contributed by atoms with Crippen LogP contribution in [0.1, 0.15) is 76.5 Å². The second-order valence-corrected chi connectivity index (χ2v) is 16.8. The molecule has 218 valence electrons. The van der Waals surface area contributed by atoms with Crippen LogP contribution in [0.25, 0.3) is 10.8 Å². The highest BCUT2D eigenvalue weighted by molar-refractivity contribution is 6.74. The molecule has 2 aromatic carbocycles. The molecule has 0 unspecified atom stereocenters. The van der Waals surface area contributed by atoms with E-state index in [9.17, 15) is 18.0 Å². The number of alkyl halides is 3. The van der Waals surface area contributed by atoms with Crippen LogP contribution in [0.3, 0.4) is 0 Å². The molecule has 2 atom stereocenters. The lowest BCUT2D eigenvalue weighted by Crippen LogP contribution is -2.47. The summed E-state index contributed by atoms with van der Waals surface area (Å²) in [6.07, 6.45) is -4.12. The van der Waals surface area contributed by atoms with E-state index >= 15 is 0 Å². The number of pyridine rings is 1. The van der Waals surface area contributed by atoms with Crippen molar-refractivity contribution < 1.29 is 27.1 Å². The Hall–Kier alpha value is -2.91. The molecule has 40 heavy (non-hydrogen) atoms. The quantitative estimate of drug-likeness (QED) is 0.259. The van der Waals surface area contributed by atoms with E-state index in [0.717, 1.165) is 36.1 Å². The Morgan fingerprint density at radius 2 is 1.70 bits per heavy atom. The topological polar surface area (TPSA) is 60.5 Å². The molecule has 0 aliphatic heterocycles. The van der Waals surface area contributed by atoms with Crippen molar-refractivity contribution in [3.8, 4) is 0 Å². The molecular formula is C31H41F3N2O3Si. The van der Waals surface area contributed by atoms with Crippen molar-refractivity contribution >= 4 is 25.2 Å². The predicted molar refractivity (Wildman–Crippen MR) is 156 cm³/mol. The second kappa shape index (κ2) is 11.9. The molecule has 0 saturated carbocycles. The minimum atomic E-state index is -4.91. The van der Waals surface area contributed by atoms with E-state index in [1.54, 1.807) is 13.0 Å². The van der Waals surface area contributed by atoms with Gasteiger partial charge in [-0.3, -0.25) is 4.98 Å². The van der Waals surface area contributed by atoms with Crippen molar-refractivity contribution in [3.63, 3.8) is 0 Å². The van der Waals surface area contributed by atoms with Crippen LogP contribution in [0, 0.1) is 0 Å². The van der Waals surface area contributed by atoms with Crippen LogP contribution in [0.15, 0.2) is 54.6 Å². The van der Waals surface area contributed by atoms with Gasteiger partial charge in [-0.1, -0.05) is 76.6 Å². The Labute approximate surface area is 236 Å². The van der Waals surface area contributed by atoms with E-state index in [-0.39, 0.29) is 11.6 Å². The lowest BCUT2D eigenvalue weighted by Gasteiger charge is -2.36. The van der Waals surface area contributed by atoms with Crippen molar-refractivity contribution in [2.24, 2.45) is 0 Å². The Balaban J connectivity index is 1.82. The van der Waals surface area contributed by atoms with Gasteiger partial charge in [-0.2, -0.15) is 13.2 Å². The Morgan fingerprint density at radius 3 is 2.33 bits per heavy atom. The molecule has 0 aliphatic carbocycles. The first-order valence-electron chi connectivity index (χ1n) is 13.7. The number of halogens is 3. The van der Waals surface area contributed by atoms with Crippen LogP contribution in [0.4, 0.5) is 18.0 Å². The van der Waals surface area contributed by atoms with Crippen LogP contribution in [-0.2, 0) is 27.8 Å². The van der Waals surface area contributed by atoms with Crippen LogP contribution in [-0.4, -0.2) is 25.6 Å². The third-order valence-electron chi connectivity index (χ3n) is 7.84. The number of ether oxygens (including phenoxy) is 1. The molecule has 1 N–H and O–H groups in total. The van der Waals surface area contributed by atoms with Crippen molar-refractivity contribution in [3.05, 3.63) is 77.1 Å². The first kappa shape index (κ1) is 31.6. The highest BCUT2D eigenvalue weighted by atomic mass is 28.4. The Morgan fingerprint density at radius 1 is 1.02 bits per heavy atom. The van der Waals surface area contributed by atoms with Gasteiger partial charge in [-0.05, 0) is 72.4 Å². The summed E-state index contributed by atoms with van der Waals surface area (Å²) in [5.74, 6) is 0. The molecule has 1 heterocycles. The third-order valence-corrected chi connectivity index (χ3v) is 12.3. The molecule has 3 rings (SSSR count). The van der Waals surface area contributed by atoms with E-state index in [1.807, 2.05) is 30.3 Å². The van der Waals surface area contributed by atoms with Gasteiger partial charge in [0, 0.05) is 0 Å². The third kappa shape index (κ3) is 7.04. The fourth-order valence-electron chi connectivity index (χ4n) is 4.20. The SMILES string of the molecule is CCCc1ccc2c([C@@H](C)NC(=O)O[C@@](C)(c3cccc(CO[Si](C)(C)C(C)(C)C)n3)C(F)(F)F)cccc2c1. The van der Waals surface area contributed by atoms with Gasteiger partial charge in [0.1, 0.15) is 0 Å². The minimum Gasteiger partial charge on any atom is -0.427 e. The number of hydrogen-bond donors (Lipinski definition) is 1. The number of nitrogens with one attached hydrogen (secondary N) is 1. The molecule has 0 aliphatic rings. The lowest BCUT2D eigenvalue weighted by atomic mass is 9.97. The van der Waals surface area contributed by atoms with Gasteiger partial charge >= 0.3 is 12.3 Å². The molecule has 0 spiro atoms. The zero-order valence-corrected chi connectivity index (χ0v) is 25.7. The fourth-order valence-corrected chi connectivity index (χ4v) is 5.14. The van der Waals surface area contributed by atoms with Gasteiger partial charge in [0.15, 0.2) is 8.32 Å². The maximum Gasteiger partial charge on any atom is 0.434 e. The van der Waals surface area contributed by atoms with Crippen LogP contribution < -0.4 is 5.32 Å². The van der Waals surface area contributed by atoms with Crippen LogP contribution in [0.5, 0.6) is 0 Å². The summed E-state index contributed by atoms with van der Waals surface area (Å²) >= 11 is 0. The molecular weight excluding hydrogens is 533 g/mol. The van der Waals surface area contributed by atoms with Gasteiger partial charge in [0.2, 0.25) is 5.60 Å². The van der Waals surface area contributed by atoms with E-state index in [4.69, 9.17) is 9.16 Å². The maximum absolute atomic E-state index is 14.4. The number of hydrogen-bond acceptors (Lipinski definition) is 4. The van der Waals surface area contributed by atoms with Gasteiger partial charge in [-0.15, -0.1) is 0 Å². The van der Waals surface area contributed by atoms with E-state index in [2.05, 4.69) is 57.2 Å². The van der Waals surface area contributed by atoms with Crippen molar-refractivity contribution in [1.82, 2.24) is 10.3 Å². The second-order valence-electron chi connectivity index (χ2n) is 12.0. The number of aromatic nitrogens is 1. The van der Waals surface area contributed by atoms with Gasteiger partial charge in [0.25, 0.3) is 0 Å². The number of aryl methyl sites for hydroxylation is 1. The molecule has 9 heteroatoms. The number of rotatable bonds is 9. The predicted octanol–water partition coefficient (Wildman–Crippen LogP) is 8.97. The number of amides is 1. The maximum atomic E-state index is 14.4. The monoisotopic (exact) mass is 574 g/mol. The zero-order chi connectivity index (χ0) is 29.9. The van der Waals surface area contributed by atoms with Gasteiger partial charge in [-0.25, -0.2) is 4.79 Å².